The van der Waals surface area contributed by atoms with Crippen LogP contribution >= 0.6 is 0 Å². The molecule has 0 aromatic carbocycles. The number of hydrogen-bond acceptors (Lipinski definition) is 6. The minimum absolute atomic E-state index is 0.0860. The number of aromatic amines is 2. The molecule has 2 saturated heterocycles. The second kappa shape index (κ2) is 7.02. The number of rotatable bonds is 4. The number of nitrogens with one attached hydrogen (secondary N) is 2. The monoisotopic (exact) mass is 408 g/mol. The van der Waals surface area contributed by atoms with Crippen LogP contribution < -0.4 is 4.90 Å². The first-order valence-electron chi connectivity index (χ1n) is 10.6. The first-order chi connectivity index (χ1) is 14.8. The van der Waals surface area contributed by atoms with Crippen LogP contribution in [-0.4, -0.2) is 76.7 Å². The molecule has 6 rings (SSSR count). The highest BCUT2D eigenvalue weighted by Crippen LogP contribution is 2.43. The molecule has 3 aliphatic rings. The van der Waals surface area contributed by atoms with Crippen LogP contribution in [0, 0.1) is 0 Å². The molecule has 0 radical (unpaired) electrons. The molecule has 30 heavy (non-hydrogen) atoms. The van der Waals surface area contributed by atoms with Crippen molar-refractivity contribution in [1.82, 2.24) is 25.1 Å². The van der Waals surface area contributed by atoms with Crippen molar-refractivity contribution in [2.45, 2.75) is 24.9 Å². The Balaban J connectivity index is 1.21. The van der Waals surface area contributed by atoms with Crippen molar-refractivity contribution in [3.63, 3.8) is 0 Å². The predicted molar refractivity (Wildman–Crippen MR) is 111 cm³/mol. The summed E-state index contributed by atoms with van der Waals surface area (Å²) in [6.45, 7) is 3.82. The summed E-state index contributed by atoms with van der Waals surface area (Å²) in [7, 11) is 0. The van der Waals surface area contributed by atoms with Crippen LogP contribution in [0.25, 0.3) is 22.3 Å². The zero-order valence-corrected chi connectivity index (χ0v) is 16.6. The van der Waals surface area contributed by atoms with Gasteiger partial charge in [-0.2, -0.15) is 5.10 Å². The van der Waals surface area contributed by atoms with E-state index in [4.69, 9.17) is 9.47 Å². The maximum atomic E-state index is 12.3. The molecule has 156 valence electrons. The molecular formula is C21H24N6O3. The van der Waals surface area contributed by atoms with Gasteiger partial charge in [0.1, 0.15) is 5.65 Å². The van der Waals surface area contributed by atoms with Crippen molar-refractivity contribution < 1.29 is 14.3 Å². The normalized spacial score (nSPS) is 19.9. The van der Waals surface area contributed by atoms with Gasteiger partial charge in [0, 0.05) is 60.6 Å². The smallest absolute Gasteiger partial charge is 0.410 e. The Bertz CT molecular complexity index is 1080. The lowest BCUT2D eigenvalue weighted by Crippen LogP contribution is -2.51. The molecule has 5 heterocycles. The van der Waals surface area contributed by atoms with Crippen LogP contribution in [-0.2, 0) is 9.47 Å². The molecule has 9 nitrogen and oxygen atoms in total. The summed E-state index contributed by atoms with van der Waals surface area (Å²) in [5.74, 6) is 0.598. The highest BCUT2D eigenvalue weighted by atomic mass is 16.6. The average Bonchev–Trinajstić information content (AvgIpc) is 3.30. The number of amides is 1. The molecule has 0 atom stereocenters. The molecule has 0 unspecified atom stereocenters. The van der Waals surface area contributed by atoms with Crippen molar-refractivity contribution in [3.8, 4) is 11.3 Å². The highest BCUT2D eigenvalue weighted by molar-refractivity contribution is 5.94. The van der Waals surface area contributed by atoms with Gasteiger partial charge >= 0.3 is 6.09 Å². The Labute approximate surface area is 173 Å². The van der Waals surface area contributed by atoms with Gasteiger partial charge in [-0.25, -0.2) is 9.78 Å². The SMILES string of the molecule is O=C(OC1COC1)N1CCN(c2ccnc3[nH]c(-c4cn[nH]c4C4CC4)cc23)CC1. The summed E-state index contributed by atoms with van der Waals surface area (Å²) in [5, 5.41) is 8.53. The zero-order chi connectivity index (χ0) is 20.1. The molecule has 2 aliphatic heterocycles. The van der Waals surface area contributed by atoms with Crippen molar-refractivity contribution in [2.24, 2.45) is 0 Å². The molecule has 3 aromatic rings. The Morgan fingerprint density at radius 3 is 2.77 bits per heavy atom. The van der Waals surface area contributed by atoms with Crippen molar-refractivity contribution >= 4 is 22.8 Å². The van der Waals surface area contributed by atoms with Gasteiger partial charge in [-0.3, -0.25) is 5.10 Å². The lowest BCUT2D eigenvalue weighted by molar-refractivity contribution is -0.104. The summed E-state index contributed by atoms with van der Waals surface area (Å²) < 4.78 is 10.5. The van der Waals surface area contributed by atoms with E-state index in [0.29, 0.717) is 32.2 Å². The van der Waals surface area contributed by atoms with Crippen LogP contribution in [0.4, 0.5) is 10.5 Å². The van der Waals surface area contributed by atoms with E-state index in [-0.39, 0.29) is 12.2 Å². The number of fused-ring (bicyclic) bond motifs is 1. The number of carbonyl (C=O) groups is 1. The summed E-state index contributed by atoms with van der Waals surface area (Å²) >= 11 is 0. The number of anilines is 1. The summed E-state index contributed by atoms with van der Waals surface area (Å²) in [5.41, 5.74) is 5.41. The maximum absolute atomic E-state index is 12.3. The lowest BCUT2D eigenvalue weighted by atomic mass is 10.1. The average molecular weight is 408 g/mol. The van der Waals surface area contributed by atoms with Gasteiger partial charge in [-0.15, -0.1) is 0 Å². The Kier molecular flexibility index (Phi) is 4.15. The molecule has 3 aromatic heterocycles. The molecule has 1 amide bonds. The van der Waals surface area contributed by atoms with Gasteiger partial charge in [-0.05, 0) is 25.0 Å². The number of hydrogen-bond donors (Lipinski definition) is 2. The largest absolute Gasteiger partial charge is 0.441 e. The first-order valence-corrected chi connectivity index (χ1v) is 10.6. The number of nitrogens with zero attached hydrogens (tertiary/aromatic N) is 4. The Morgan fingerprint density at radius 2 is 2.03 bits per heavy atom. The van der Waals surface area contributed by atoms with Gasteiger partial charge in [0.05, 0.1) is 25.1 Å². The number of pyridine rings is 1. The van der Waals surface area contributed by atoms with Crippen LogP contribution in [0.3, 0.4) is 0 Å². The quantitative estimate of drug-likeness (QED) is 0.688. The first kappa shape index (κ1) is 17.8. The van der Waals surface area contributed by atoms with Gasteiger partial charge in [0.25, 0.3) is 0 Å². The molecule has 9 heteroatoms. The zero-order valence-electron chi connectivity index (χ0n) is 16.6. The molecule has 3 fully saturated rings. The van der Waals surface area contributed by atoms with E-state index in [1.807, 2.05) is 12.4 Å². The van der Waals surface area contributed by atoms with Crippen LogP contribution in [0.2, 0.25) is 0 Å². The van der Waals surface area contributed by atoms with Crippen molar-refractivity contribution in [1.29, 1.82) is 0 Å². The Morgan fingerprint density at radius 1 is 1.20 bits per heavy atom. The van der Waals surface area contributed by atoms with Crippen LogP contribution in [0.15, 0.2) is 24.5 Å². The molecule has 1 saturated carbocycles. The summed E-state index contributed by atoms with van der Waals surface area (Å²) in [4.78, 5) is 24.4. The fourth-order valence-electron chi connectivity index (χ4n) is 4.26. The van der Waals surface area contributed by atoms with E-state index in [2.05, 4.69) is 37.2 Å². The molecule has 2 N–H and O–H groups in total. The molecular weight excluding hydrogens is 384 g/mol. The third-order valence-electron chi connectivity index (χ3n) is 6.21. The van der Waals surface area contributed by atoms with Crippen molar-refractivity contribution in [2.75, 3.05) is 44.3 Å². The van der Waals surface area contributed by atoms with E-state index in [9.17, 15) is 4.79 Å². The van der Waals surface area contributed by atoms with E-state index < -0.39 is 0 Å². The van der Waals surface area contributed by atoms with E-state index in [1.165, 1.54) is 18.5 Å². The number of aromatic nitrogens is 4. The standard InChI is InChI=1S/C21H24N6O3/c28-21(30-14-11-29-12-14)27-7-5-26(6-8-27)18-3-4-22-20-15(18)9-17(24-20)16-10-23-25-19(16)13-1-2-13/h3-4,9-10,13-14H,1-2,5-8,11-12H2,(H,22,24)(H,23,25). The van der Waals surface area contributed by atoms with Gasteiger partial charge in [0.15, 0.2) is 6.10 Å². The summed E-state index contributed by atoms with van der Waals surface area (Å²) in [6.07, 6.45) is 5.86. The van der Waals surface area contributed by atoms with Crippen molar-refractivity contribution in [3.05, 3.63) is 30.2 Å². The van der Waals surface area contributed by atoms with Gasteiger partial charge in [0.2, 0.25) is 0 Å². The second-order valence-electron chi connectivity index (χ2n) is 8.26. The third-order valence-corrected chi connectivity index (χ3v) is 6.21. The van der Waals surface area contributed by atoms with Crippen LogP contribution in [0.5, 0.6) is 0 Å². The fourth-order valence-corrected chi connectivity index (χ4v) is 4.26. The summed E-state index contributed by atoms with van der Waals surface area (Å²) in [6, 6.07) is 4.22. The predicted octanol–water partition coefficient (Wildman–Crippen LogP) is 2.49. The number of ether oxygens (including phenoxy) is 2. The molecule has 0 spiro atoms. The highest BCUT2D eigenvalue weighted by Gasteiger charge is 2.30. The number of piperazine rings is 1. The van der Waals surface area contributed by atoms with E-state index >= 15 is 0 Å². The fraction of sp³-hybridized carbons (Fsp3) is 0.476. The second-order valence-corrected chi connectivity index (χ2v) is 8.26. The molecule has 1 aliphatic carbocycles. The van der Waals surface area contributed by atoms with E-state index in [1.54, 1.807) is 4.90 Å². The lowest BCUT2D eigenvalue weighted by Gasteiger charge is -2.37. The Hall–Kier alpha value is -3.07. The molecule has 0 bridgehead atoms. The maximum Gasteiger partial charge on any atom is 0.410 e. The number of carbonyl (C=O) groups excluding carboxylic acids is 1. The third kappa shape index (κ3) is 3.09. The van der Waals surface area contributed by atoms with Crippen LogP contribution in [0.1, 0.15) is 24.5 Å². The van der Waals surface area contributed by atoms with Gasteiger partial charge in [-0.1, -0.05) is 0 Å². The van der Waals surface area contributed by atoms with E-state index in [0.717, 1.165) is 41.1 Å². The minimum Gasteiger partial charge on any atom is -0.441 e. The van der Waals surface area contributed by atoms with Gasteiger partial charge < -0.3 is 24.3 Å². The topological polar surface area (TPSA) is 99.4 Å². The minimum atomic E-state index is -0.237. The number of H-pyrrole nitrogens is 2.